The maximum atomic E-state index is 13.2. The average molecular weight is 407 g/mol. The van der Waals surface area contributed by atoms with Crippen molar-refractivity contribution in [3.05, 3.63) is 18.2 Å². The van der Waals surface area contributed by atoms with Crippen molar-refractivity contribution in [2.45, 2.75) is 38.0 Å². The van der Waals surface area contributed by atoms with E-state index < -0.39 is 10.0 Å². The van der Waals surface area contributed by atoms with Crippen molar-refractivity contribution in [2.24, 2.45) is 17.8 Å². The van der Waals surface area contributed by atoms with Gasteiger partial charge in [0, 0.05) is 26.2 Å². The van der Waals surface area contributed by atoms with Crippen LogP contribution in [-0.2, 0) is 14.8 Å². The first-order valence-electron chi connectivity index (χ1n) is 9.86. The van der Waals surface area contributed by atoms with Crippen LogP contribution in [0.2, 0.25) is 0 Å². The molecular weight excluding hydrogens is 380 g/mol. The molecule has 28 heavy (non-hydrogen) atoms. The van der Waals surface area contributed by atoms with Gasteiger partial charge in [-0.15, -0.1) is 0 Å². The van der Waals surface area contributed by atoms with Crippen LogP contribution in [0.1, 0.15) is 33.1 Å². The number of carbonyl (C=O) groups excluding carboxylic acids is 1. The third-order valence-electron chi connectivity index (χ3n) is 5.78. The molecule has 4 rings (SSSR count). The van der Waals surface area contributed by atoms with Crippen LogP contribution >= 0.6 is 0 Å². The molecule has 3 atom stereocenters. The van der Waals surface area contributed by atoms with Crippen LogP contribution in [-0.4, -0.2) is 60.0 Å². The number of hydrogen-bond acceptors (Lipinski definition) is 6. The second-order valence-corrected chi connectivity index (χ2v) is 10.2. The number of carbonyl (C=O) groups is 1. The lowest BCUT2D eigenvalue weighted by atomic mass is 9.90. The molecule has 0 saturated carbocycles. The Kier molecular flexibility index (Phi) is 5.13. The molecule has 2 aromatic rings. The second-order valence-electron chi connectivity index (χ2n) is 8.28. The van der Waals surface area contributed by atoms with E-state index >= 15 is 0 Å². The summed E-state index contributed by atoms with van der Waals surface area (Å²) in [5.41, 5.74) is 0.636. The van der Waals surface area contributed by atoms with Gasteiger partial charge in [0.2, 0.25) is 15.9 Å². The first kappa shape index (κ1) is 19.3. The van der Waals surface area contributed by atoms with Crippen molar-refractivity contribution < 1.29 is 17.8 Å². The zero-order chi connectivity index (χ0) is 19.9. The number of amides is 1. The Balaban J connectivity index is 1.55. The molecule has 0 bridgehead atoms. The Morgan fingerprint density at radius 1 is 1.14 bits per heavy atom. The maximum Gasteiger partial charge on any atom is 0.245 e. The van der Waals surface area contributed by atoms with Gasteiger partial charge >= 0.3 is 0 Å². The molecule has 152 valence electrons. The smallest absolute Gasteiger partial charge is 0.245 e. The van der Waals surface area contributed by atoms with E-state index in [0.29, 0.717) is 30.3 Å². The third kappa shape index (κ3) is 3.53. The van der Waals surface area contributed by atoms with Crippen LogP contribution in [0.5, 0.6) is 0 Å². The quantitative estimate of drug-likeness (QED) is 0.775. The molecule has 8 nitrogen and oxygen atoms in total. The summed E-state index contributed by atoms with van der Waals surface area (Å²) in [6.07, 6.45) is 2.52. The Hall–Kier alpha value is -2.00. The van der Waals surface area contributed by atoms with Gasteiger partial charge in [0.25, 0.3) is 0 Å². The van der Waals surface area contributed by atoms with Gasteiger partial charge < -0.3 is 4.90 Å². The summed E-state index contributed by atoms with van der Waals surface area (Å²) < 4.78 is 32.6. The molecule has 2 aliphatic heterocycles. The van der Waals surface area contributed by atoms with E-state index in [0.717, 1.165) is 25.9 Å². The normalized spacial score (nSPS) is 27.2. The molecule has 1 aromatic carbocycles. The van der Waals surface area contributed by atoms with E-state index in [1.54, 1.807) is 12.1 Å². The number of piperidine rings is 2. The minimum atomic E-state index is -3.78. The van der Waals surface area contributed by atoms with Gasteiger partial charge in [-0.1, -0.05) is 19.9 Å². The topological polar surface area (TPSA) is 96.6 Å². The van der Waals surface area contributed by atoms with E-state index in [-0.39, 0.29) is 28.8 Å². The molecule has 1 amide bonds. The van der Waals surface area contributed by atoms with Gasteiger partial charge in [0.05, 0.1) is 5.92 Å². The fraction of sp³-hybridized carbons (Fsp3) is 0.632. The van der Waals surface area contributed by atoms with Crippen molar-refractivity contribution in [1.29, 1.82) is 0 Å². The fourth-order valence-corrected chi connectivity index (χ4v) is 6.25. The summed E-state index contributed by atoms with van der Waals surface area (Å²) in [6, 6.07) is 4.80. The van der Waals surface area contributed by atoms with Crippen LogP contribution in [0.15, 0.2) is 27.7 Å². The van der Waals surface area contributed by atoms with Crippen LogP contribution in [0.4, 0.5) is 0 Å². The van der Waals surface area contributed by atoms with E-state index in [1.807, 2.05) is 4.90 Å². The molecule has 1 aromatic heterocycles. The number of hydrogen-bond donors (Lipinski definition) is 0. The van der Waals surface area contributed by atoms with E-state index in [2.05, 4.69) is 24.2 Å². The summed E-state index contributed by atoms with van der Waals surface area (Å²) in [5.74, 6) is 0.747. The lowest BCUT2D eigenvalue weighted by Crippen LogP contribution is -2.50. The molecule has 0 unspecified atom stereocenters. The van der Waals surface area contributed by atoms with Gasteiger partial charge in [-0.05, 0) is 53.5 Å². The minimum Gasteiger partial charge on any atom is -0.342 e. The number of fused-ring (bicyclic) bond motifs is 1. The van der Waals surface area contributed by atoms with Crippen LogP contribution in [0.25, 0.3) is 11.0 Å². The number of aromatic nitrogens is 2. The summed E-state index contributed by atoms with van der Waals surface area (Å²) in [4.78, 5) is 15.1. The Morgan fingerprint density at radius 3 is 2.64 bits per heavy atom. The molecule has 2 saturated heterocycles. The molecule has 0 radical (unpaired) electrons. The minimum absolute atomic E-state index is 0.0829. The Labute approximate surface area is 164 Å². The van der Waals surface area contributed by atoms with Crippen LogP contribution in [0, 0.1) is 17.8 Å². The monoisotopic (exact) mass is 406 g/mol. The van der Waals surface area contributed by atoms with Crippen molar-refractivity contribution in [2.75, 3.05) is 26.2 Å². The predicted molar refractivity (Wildman–Crippen MR) is 103 cm³/mol. The fourth-order valence-electron chi connectivity index (χ4n) is 4.59. The van der Waals surface area contributed by atoms with E-state index in [1.165, 1.54) is 10.4 Å². The van der Waals surface area contributed by atoms with Crippen LogP contribution in [0.3, 0.4) is 0 Å². The van der Waals surface area contributed by atoms with Gasteiger partial charge in [-0.3, -0.25) is 4.79 Å². The van der Waals surface area contributed by atoms with Gasteiger partial charge in [0.1, 0.15) is 10.4 Å². The molecule has 9 heteroatoms. The average Bonchev–Trinajstić information content (AvgIpc) is 3.15. The maximum absolute atomic E-state index is 13.2. The molecular formula is C19H26N4O4S. The number of sulfonamides is 1. The SMILES string of the molecule is C[C@@H]1C[C@H](C)CN(C(=O)[C@@H]2CCCN(S(=O)(=O)c3cccc4nonc34)C2)C1. The molecule has 2 aliphatic rings. The first-order valence-corrected chi connectivity index (χ1v) is 11.3. The van der Waals surface area contributed by atoms with Gasteiger partial charge in [0.15, 0.2) is 5.52 Å². The number of benzene rings is 1. The largest absolute Gasteiger partial charge is 0.342 e. The third-order valence-corrected chi connectivity index (χ3v) is 7.68. The lowest BCUT2D eigenvalue weighted by molar-refractivity contribution is -0.139. The van der Waals surface area contributed by atoms with Crippen LogP contribution < -0.4 is 0 Å². The molecule has 0 N–H and O–H groups in total. The van der Waals surface area contributed by atoms with Crippen molar-refractivity contribution in [3.8, 4) is 0 Å². The Morgan fingerprint density at radius 2 is 1.89 bits per heavy atom. The standard InChI is InChI=1S/C19H26N4O4S/c1-13-9-14(2)11-22(10-13)19(24)15-5-4-8-23(12-15)28(25,26)17-7-3-6-16-18(17)21-27-20-16/h3,6-7,13-15H,4-5,8-12H2,1-2H3/t13-,14+,15-/m1/s1. The zero-order valence-electron chi connectivity index (χ0n) is 16.2. The highest BCUT2D eigenvalue weighted by molar-refractivity contribution is 7.89. The van der Waals surface area contributed by atoms with Gasteiger partial charge in [-0.25, -0.2) is 13.0 Å². The summed E-state index contributed by atoms with van der Waals surface area (Å²) in [6.45, 7) is 6.47. The lowest BCUT2D eigenvalue weighted by Gasteiger charge is -2.39. The first-order chi connectivity index (χ1) is 13.4. The van der Waals surface area contributed by atoms with Gasteiger partial charge in [-0.2, -0.15) is 4.31 Å². The highest BCUT2D eigenvalue weighted by Gasteiger charge is 2.37. The molecule has 3 heterocycles. The molecule has 2 fully saturated rings. The van der Waals surface area contributed by atoms with Crippen molar-refractivity contribution >= 4 is 27.0 Å². The highest BCUT2D eigenvalue weighted by atomic mass is 32.2. The molecule has 0 spiro atoms. The summed E-state index contributed by atoms with van der Waals surface area (Å²) in [5, 5.41) is 7.48. The summed E-state index contributed by atoms with van der Waals surface area (Å²) in [7, 11) is -3.78. The number of likely N-dealkylation sites (tertiary alicyclic amines) is 1. The van der Waals surface area contributed by atoms with Crippen molar-refractivity contribution in [3.63, 3.8) is 0 Å². The van der Waals surface area contributed by atoms with E-state index in [4.69, 9.17) is 4.63 Å². The number of nitrogens with zero attached hydrogens (tertiary/aromatic N) is 4. The predicted octanol–water partition coefficient (Wildman–Crippen LogP) is 2.13. The van der Waals surface area contributed by atoms with Crippen molar-refractivity contribution in [1.82, 2.24) is 19.5 Å². The van der Waals surface area contributed by atoms with E-state index in [9.17, 15) is 13.2 Å². The Bertz CT molecular complexity index is 963. The second kappa shape index (κ2) is 7.44. The molecule has 0 aliphatic carbocycles. The zero-order valence-corrected chi connectivity index (χ0v) is 17.1. The number of rotatable bonds is 3. The highest BCUT2D eigenvalue weighted by Crippen LogP contribution is 2.29. The summed E-state index contributed by atoms with van der Waals surface area (Å²) >= 11 is 0.